The highest BCUT2D eigenvalue weighted by Gasteiger charge is 2.27. The third-order valence-electron chi connectivity index (χ3n) is 3.82. The summed E-state index contributed by atoms with van der Waals surface area (Å²) in [5, 5.41) is 4.97. The van der Waals surface area contributed by atoms with Crippen LogP contribution in [0.5, 0.6) is 0 Å². The van der Waals surface area contributed by atoms with Crippen molar-refractivity contribution in [3.8, 4) is 0 Å². The number of rotatable bonds is 5. The summed E-state index contributed by atoms with van der Waals surface area (Å²) in [7, 11) is -3.28. The quantitative estimate of drug-likeness (QED) is 0.794. The van der Waals surface area contributed by atoms with Crippen LogP contribution in [0, 0.1) is 5.41 Å². The molecule has 0 aromatic rings. The Morgan fingerprint density at radius 1 is 1.31 bits per heavy atom. The van der Waals surface area contributed by atoms with E-state index in [1.54, 1.807) is 0 Å². The van der Waals surface area contributed by atoms with E-state index in [9.17, 15) is 8.42 Å². The zero-order valence-electron chi connectivity index (χ0n) is 10.4. The van der Waals surface area contributed by atoms with E-state index in [-0.39, 0.29) is 5.75 Å². The Labute approximate surface area is 99.2 Å². The van der Waals surface area contributed by atoms with Crippen molar-refractivity contribution >= 4 is 10.0 Å². The van der Waals surface area contributed by atoms with E-state index in [2.05, 4.69) is 18.7 Å². The van der Waals surface area contributed by atoms with Crippen LogP contribution in [0.1, 0.15) is 39.5 Å². The second-order valence-electron chi connectivity index (χ2n) is 5.23. The van der Waals surface area contributed by atoms with Gasteiger partial charge in [0, 0.05) is 0 Å². The Balaban J connectivity index is 2.23. The van der Waals surface area contributed by atoms with Gasteiger partial charge in [-0.3, -0.25) is 0 Å². The van der Waals surface area contributed by atoms with Gasteiger partial charge in [-0.2, -0.15) is 0 Å². The molecule has 0 aromatic heterocycles. The number of hydrogen-bond donors (Lipinski definition) is 1. The maximum atomic E-state index is 10.8. The fraction of sp³-hybridized carbons (Fsp3) is 1.00. The molecule has 0 saturated carbocycles. The maximum absolute atomic E-state index is 10.8. The molecule has 0 aliphatic carbocycles. The molecule has 4 nitrogen and oxygen atoms in total. The molecule has 2 N–H and O–H groups in total. The molecule has 5 heteroatoms. The van der Waals surface area contributed by atoms with E-state index in [0.717, 1.165) is 19.6 Å². The van der Waals surface area contributed by atoms with Crippen molar-refractivity contribution in [3.63, 3.8) is 0 Å². The van der Waals surface area contributed by atoms with Gasteiger partial charge in [-0.25, -0.2) is 13.6 Å². The maximum Gasteiger partial charge on any atom is 0.209 e. The highest BCUT2D eigenvalue weighted by molar-refractivity contribution is 7.89. The van der Waals surface area contributed by atoms with Gasteiger partial charge in [0.2, 0.25) is 10.0 Å². The lowest BCUT2D eigenvalue weighted by Gasteiger charge is -2.38. The Morgan fingerprint density at radius 3 is 2.31 bits per heavy atom. The predicted molar refractivity (Wildman–Crippen MR) is 66.7 cm³/mol. The Kier molecular flexibility index (Phi) is 4.76. The molecule has 1 aliphatic rings. The molecular formula is C11H24N2O2S. The van der Waals surface area contributed by atoms with Crippen molar-refractivity contribution in [2.45, 2.75) is 39.5 Å². The summed E-state index contributed by atoms with van der Waals surface area (Å²) in [6, 6.07) is 0. The molecule has 0 amide bonds. The van der Waals surface area contributed by atoms with E-state index < -0.39 is 10.0 Å². The van der Waals surface area contributed by atoms with Crippen LogP contribution in [0.15, 0.2) is 0 Å². The number of nitrogens with zero attached hydrogens (tertiary/aromatic N) is 1. The molecule has 16 heavy (non-hydrogen) atoms. The standard InChI is InChI=1S/C11H24N2O2S/c1-3-11(2)5-8-13(9-6-11)7-4-10-16(12,14)15/h3-10H2,1-2H3,(H2,12,14,15). The fourth-order valence-electron chi connectivity index (χ4n) is 2.16. The lowest BCUT2D eigenvalue weighted by molar-refractivity contribution is 0.115. The van der Waals surface area contributed by atoms with Gasteiger partial charge in [0.1, 0.15) is 0 Å². The van der Waals surface area contributed by atoms with Crippen LogP contribution in [0.3, 0.4) is 0 Å². The summed E-state index contributed by atoms with van der Waals surface area (Å²) in [4.78, 5) is 2.35. The van der Waals surface area contributed by atoms with Crippen LogP contribution in [-0.4, -0.2) is 38.7 Å². The van der Waals surface area contributed by atoms with E-state index in [4.69, 9.17) is 5.14 Å². The minimum atomic E-state index is -3.28. The minimum absolute atomic E-state index is 0.106. The Morgan fingerprint density at radius 2 is 1.88 bits per heavy atom. The number of sulfonamides is 1. The highest BCUT2D eigenvalue weighted by Crippen LogP contribution is 2.33. The number of likely N-dealkylation sites (tertiary alicyclic amines) is 1. The van der Waals surface area contributed by atoms with E-state index in [1.807, 2.05) is 0 Å². The molecule has 0 atom stereocenters. The van der Waals surface area contributed by atoms with Crippen LogP contribution >= 0.6 is 0 Å². The van der Waals surface area contributed by atoms with Crippen molar-refractivity contribution in [2.75, 3.05) is 25.4 Å². The predicted octanol–water partition coefficient (Wildman–Crippen LogP) is 1.18. The molecular weight excluding hydrogens is 224 g/mol. The first-order chi connectivity index (χ1) is 7.35. The van der Waals surface area contributed by atoms with E-state index in [1.165, 1.54) is 19.3 Å². The molecule has 1 fully saturated rings. The smallest absolute Gasteiger partial charge is 0.209 e. The van der Waals surface area contributed by atoms with Gasteiger partial charge in [0.05, 0.1) is 5.75 Å². The van der Waals surface area contributed by atoms with Crippen LogP contribution in [0.25, 0.3) is 0 Å². The molecule has 0 bridgehead atoms. The second-order valence-corrected chi connectivity index (χ2v) is 6.96. The lowest BCUT2D eigenvalue weighted by Crippen LogP contribution is -2.39. The Hall–Kier alpha value is -0.130. The summed E-state index contributed by atoms with van der Waals surface area (Å²) in [6.07, 6.45) is 4.33. The molecule has 0 unspecified atom stereocenters. The molecule has 1 aliphatic heterocycles. The molecule has 1 heterocycles. The molecule has 96 valence electrons. The van der Waals surface area contributed by atoms with Gasteiger partial charge in [-0.15, -0.1) is 0 Å². The molecule has 0 aromatic carbocycles. The number of hydrogen-bond acceptors (Lipinski definition) is 3. The first kappa shape index (κ1) is 13.9. The van der Waals surface area contributed by atoms with Gasteiger partial charge in [-0.1, -0.05) is 20.3 Å². The normalized spacial score (nSPS) is 22.2. The molecule has 1 saturated heterocycles. The van der Waals surface area contributed by atoms with Crippen molar-refractivity contribution < 1.29 is 8.42 Å². The molecule has 0 radical (unpaired) electrons. The monoisotopic (exact) mass is 248 g/mol. The van der Waals surface area contributed by atoms with Gasteiger partial charge >= 0.3 is 0 Å². The third kappa shape index (κ3) is 4.80. The molecule has 0 spiro atoms. The lowest BCUT2D eigenvalue weighted by atomic mass is 9.78. The number of piperidine rings is 1. The largest absolute Gasteiger partial charge is 0.303 e. The molecule has 1 rings (SSSR count). The number of nitrogens with two attached hydrogens (primary N) is 1. The average molecular weight is 248 g/mol. The summed E-state index contributed by atoms with van der Waals surface area (Å²) in [5.74, 6) is 0.106. The van der Waals surface area contributed by atoms with Crippen molar-refractivity contribution in [1.29, 1.82) is 0 Å². The van der Waals surface area contributed by atoms with Gasteiger partial charge in [0.15, 0.2) is 0 Å². The highest BCUT2D eigenvalue weighted by atomic mass is 32.2. The first-order valence-electron chi connectivity index (χ1n) is 6.07. The van der Waals surface area contributed by atoms with E-state index >= 15 is 0 Å². The zero-order chi connectivity index (χ0) is 12.2. The topological polar surface area (TPSA) is 63.4 Å². The second kappa shape index (κ2) is 5.47. The van der Waals surface area contributed by atoms with Gasteiger partial charge in [-0.05, 0) is 44.3 Å². The fourth-order valence-corrected chi connectivity index (χ4v) is 2.69. The van der Waals surface area contributed by atoms with Crippen LogP contribution in [0.2, 0.25) is 0 Å². The van der Waals surface area contributed by atoms with Gasteiger partial charge < -0.3 is 4.90 Å². The summed E-state index contributed by atoms with van der Waals surface area (Å²) >= 11 is 0. The van der Waals surface area contributed by atoms with Gasteiger partial charge in [0.25, 0.3) is 0 Å². The van der Waals surface area contributed by atoms with E-state index in [0.29, 0.717) is 11.8 Å². The van der Waals surface area contributed by atoms with Crippen molar-refractivity contribution in [2.24, 2.45) is 10.6 Å². The summed E-state index contributed by atoms with van der Waals surface area (Å²) in [5.41, 5.74) is 0.496. The minimum Gasteiger partial charge on any atom is -0.303 e. The van der Waals surface area contributed by atoms with Crippen molar-refractivity contribution in [3.05, 3.63) is 0 Å². The van der Waals surface area contributed by atoms with Crippen LogP contribution < -0.4 is 5.14 Å². The first-order valence-corrected chi connectivity index (χ1v) is 7.79. The third-order valence-corrected chi connectivity index (χ3v) is 4.68. The SMILES string of the molecule is CCC1(C)CCN(CCCS(N)(=O)=O)CC1. The Bertz CT molecular complexity index is 306. The summed E-state index contributed by atoms with van der Waals surface area (Å²) in [6.45, 7) is 7.63. The zero-order valence-corrected chi connectivity index (χ0v) is 11.2. The number of primary sulfonamides is 1. The summed E-state index contributed by atoms with van der Waals surface area (Å²) < 4.78 is 21.6. The van der Waals surface area contributed by atoms with Crippen LogP contribution in [0.4, 0.5) is 0 Å². The van der Waals surface area contributed by atoms with Crippen molar-refractivity contribution in [1.82, 2.24) is 4.90 Å². The average Bonchev–Trinajstić information content (AvgIpc) is 2.20. The van der Waals surface area contributed by atoms with Crippen LogP contribution in [-0.2, 0) is 10.0 Å².